The van der Waals surface area contributed by atoms with Gasteiger partial charge >= 0.3 is 5.97 Å². The number of rotatable bonds is 6. The number of hydrogen-bond donors (Lipinski definition) is 1. The number of nitrogens with zero attached hydrogens (tertiary/aromatic N) is 2. The molecule has 25 heavy (non-hydrogen) atoms. The molecule has 1 aliphatic carbocycles. The van der Waals surface area contributed by atoms with Crippen molar-refractivity contribution in [1.29, 1.82) is 0 Å². The first-order chi connectivity index (χ1) is 12.2. The van der Waals surface area contributed by atoms with Crippen molar-refractivity contribution in [2.45, 2.75) is 18.6 Å². The van der Waals surface area contributed by atoms with Crippen molar-refractivity contribution in [2.24, 2.45) is 21.9 Å². The number of carbonyl (C=O) groups excluding carboxylic acids is 1. The van der Waals surface area contributed by atoms with Crippen LogP contribution in [0.5, 0.6) is 5.75 Å². The summed E-state index contributed by atoms with van der Waals surface area (Å²) in [5.41, 5.74) is 7.88. The first-order valence-electron chi connectivity index (χ1n) is 8.06. The molecule has 3 rings (SSSR count). The summed E-state index contributed by atoms with van der Waals surface area (Å²) in [5, 5.41) is 8.38. The quantitative estimate of drug-likeness (QED) is 0.283. The first kappa shape index (κ1) is 17.2. The number of carbonyl (C=O) groups is 1. The molecular formula is C19H19N3O2S. The Balaban J connectivity index is 1.48. The number of thioether (sulfide) groups is 1. The normalized spacial score (nSPS) is 14.6. The van der Waals surface area contributed by atoms with Crippen LogP contribution in [0.1, 0.15) is 24.0 Å². The maximum absolute atomic E-state index is 11.6. The van der Waals surface area contributed by atoms with E-state index >= 15 is 0 Å². The summed E-state index contributed by atoms with van der Waals surface area (Å²) in [6.07, 6.45) is 3.49. The molecule has 0 unspecified atom stereocenters. The van der Waals surface area contributed by atoms with Gasteiger partial charge in [-0.25, -0.2) is 0 Å². The molecule has 0 aromatic heterocycles. The van der Waals surface area contributed by atoms with Gasteiger partial charge < -0.3 is 10.5 Å². The second kappa shape index (κ2) is 8.48. The molecule has 0 heterocycles. The topological polar surface area (TPSA) is 77.0 Å². The molecule has 0 spiro atoms. The van der Waals surface area contributed by atoms with Gasteiger partial charge in [0.1, 0.15) is 5.75 Å². The molecule has 0 amide bonds. The molecule has 0 atom stereocenters. The van der Waals surface area contributed by atoms with E-state index in [0.29, 0.717) is 10.9 Å². The highest BCUT2D eigenvalue weighted by molar-refractivity contribution is 8.13. The van der Waals surface area contributed by atoms with Gasteiger partial charge in [-0.1, -0.05) is 42.1 Å². The third kappa shape index (κ3) is 5.76. The Morgan fingerprint density at radius 2 is 1.88 bits per heavy atom. The Morgan fingerprint density at radius 3 is 2.56 bits per heavy atom. The molecule has 128 valence electrons. The number of nitrogens with two attached hydrogens (primary N) is 1. The summed E-state index contributed by atoms with van der Waals surface area (Å²) < 4.78 is 5.28. The summed E-state index contributed by atoms with van der Waals surface area (Å²) >= 11 is 1.44. The molecule has 2 aromatic rings. The van der Waals surface area contributed by atoms with E-state index < -0.39 is 0 Å². The predicted molar refractivity (Wildman–Crippen MR) is 102 cm³/mol. The number of hydrogen-bond acceptors (Lipinski definition) is 5. The average Bonchev–Trinajstić information content (AvgIpc) is 3.48. The Bertz CT molecular complexity index is 769. The Hall–Kier alpha value is -2.60. The smallest absolute Gasteiger partial charge is 0.314 e. The molecule has 1 saturated carbocycles. The fourth-order valence-electron chi connectivity index (χ4n) is 2.05. The molecule has 0 saturated heterocycles. The van der Waals surface area contributed by atoms with E-state index in [4.69, 9.17) is 10.5 Å². The summed E-state index contributed by atoms with van der Waals surface area (Å²) in [5.74, 6) is 1.25. The molecule has 2 N–H and O–H groups in total. The van der Waals surface area contributed by atoms with Crippen molar-refractivity contribution >= 4 is 29.1 Å². The lowest BCUT2D eigenvalue weighted by Crippen LogP contribution is -2.09. The highest BCUT2D eigenvalue weighted by Gasteiger charge is 2.31. The lowest BCUT2D eigenvalue weighted by Gasteiger charge is -2.02. The second-order valence-corrected chi connectivity index (χ2v) is 6.72. The molecule has 0 radical (unpaired) electrons. The van der Waals surface area contributed by atoms with Gasteiger partial charge in [-0.3, -0.25) is 4.79 Å². The molecule has 6 heteroatoms. The molecular weight excluding hydrogens is 334 g/mol. The van der Waals surface area contributed by atoms with Gasteiger partial charge in [0.15, 0.2) is 5.17 Å². The van der Waals surface area contributed by atoms with Crippen LogP contribution in [0.2, 0.25) is 0 Å². The Morgan fingerprint density at radius 1 is 1.16 bits per heavy atom. The molecule has 1 fully saturated rings. The summed E-state index contributed by atoms with van der Waals surface area (Å²) in [4.78, 5) is 11.6. The summed E-state index contributed by atoms with van der Waals surface area (Å²) in [7, 11) is 0. The lowest BCUT2D eigenvalue weighted by atomic mass is 10.2. The van der Waals surface area contributed by atoms with Crippen LogP contribution in [-0.2, 0) is 10.5 Å². The number of amidine groups is 1. The molecule has 1 aliphatic rings. The maximum atomic E-state index is 11.6. The van der Waals surface area contributed by atoms with Crippen molar-refractivity contribution in [3.05, 3.63) is 65.7 Å². The van der Waals surface area contributed by atoms with Crippen molar-refractivity contribution in [3.63, 3.8) is 0 Å². The zero-order valence-electron chi connectivity index (χ0n) is 13.7. The van der Waals surface area contributed by atoms with E-state index in [9.17, 15) is 4.79 Å². The summed E-state index contributed by atoms with van der Waals surface area (Å²) in [6.45, 7) is 0. The van der Waals surface area contributed by atoms with Gasteiger partial charge in [-0.15, -0.1) is 5.10 Å². The van der Waals surface area contributed by atoms with Gasteiger partial charge in [-0.05, 0) is 48.2 Å². The third-order valence-corrected chi connectivity index (χ3v) is 4.46. The average molecular weight is 353 g/mol. The van der Waals surface area contributed by atoms with Crippen LogP contribution in [0.15, 0.2) is 64.8 Å². The van der Waals surface area contributed by atoms with Crippen LogP contribution in [0.25, 0.3) is 0 Å². The summed E-state index contributed by atoms with van der Waals surface area (Å²) in [6, 6.07) is 17.2. The Labute approximate surface area is 151 Å². The van der Waals surface area contributed by atoms with Crippen LogP contribution >= 0.6 is 11.8 Å². The Kier molecular flexibility index (Phi) is 5.85. The monoisotopic (exact) mass is 353 g/mol. The zero-order chi connectivity index (χ0) is 17.5. The van der Waals surface area contributed by atoms with Crippen LogP contribution < -0.4 is 10.5 Å². The van der Waals surface area contributed by atoms with Gasteiger partial charge in [0.2, 0.25) is 0 Å². The SMILES string of the molecule is NC(=NN=Cc1ccc(OC(=O)C2CC2)cc1)SCc1ccccc1. The number of benzene rings is 2. The van der Waals surface area contributed by atoms with Crippen molar-refractivity contribution < 1.29 is 9.53 Å². The lowest BCUT2D eigenvalue weighted by molar-refractivity contribution is -0.135. The van der Waals surface area contributed by atoms with Gasteiger partial charge in [0, 0.05) is 5.75 Å². The van der Waals surface area contributed by atoms with Crippen LogP contribution in [0, 0.1) is 5.92 Å². The molecule has 0 bridgehead atoms. The predicted octanol–water partition coefficient (Wildman–Crippen LogP) is 3.58. The minimum atomic E-state index is -0.144. The van der Waals surface area contributed by atoms with Crippen molar-refractivity contribution in [1.82, 2.24) is 0 Å². The second-order valence-electron chi connectivity index (χ2n) is 5.72. The maximum Gasteiger partial charge on any atom is 0.314 e. The minimum Gasteiger partial charge on any atom is -0.426 e. The molecule has 5 nitrogen and oxygen atoms in total. The fourth-order valence-corrected chi connectivity index (χ4v) is 2.67. The van der Waals surface area contributed by atoms with E-state index in [1.807, 2.05) is 42.5 Å². The minimum absolute atomic E-state index is 0.0898. The first-order valence-corrected chi connectivity index (χ1v) is 9.04. The third-order valence-electron chi connectivity index (χ3n) is 3.60. The number of esters is 1. The number of ether oxygens (including phenoxy) is 1. The highest BCUT2D eigenvalue weighted by atomic mass is 32.2. The van der Waals surface area contributed by atoms with E-state index in [2.05, 4.69) is 10.2 Å². The van der Waals surface area contributed by atoms with E-state index in [1.54, 1.807) is 18.3 Å². The van der Waals surface area contributed by atoms with Crippen LogP contribution in [0.4, 0.5) is 0 Å². The molecule has 0 aliphatic heterocycles. The zero-order valence-corrected chi connectivity index (χ0v) is 14.5. The standard InChI is InChI=1S/C19H19N3O2S/c20-19(25-13-15-4-2-1-3-5-15)22-21-12-14-6-10-17(11-7-14)24-18(23)16-8-9-16/h1-7,10-12,16H,8-9,13H2,(H2,20,22). The van der Waals surface area contributed by atoms with Gasteiger partial charge in [-0.2, -0.15) is 5.10 Å². The fraction of sp³-hybridized carbons (Fsp3) is 0.211. The molecule has 2 aromatic carbocycles. The largest absolute Gasteiger partial charge is 0.426 e. The van der Waals surface area contributed by atoms with Crippen molar-refractivity contribution in [2.75, 3.05) is 0 Å². The van der Waals surface area contributed by atoms with Gasteiger partial charge in [0.05, 0.1) is 12.1 Å². The van der Waals surface area contributed by atoms with Crippen LogP contribution in [0.3, 0.4) is 0 Å². The van der Waals surface area contributed by atoms with Gasteiger partial charge in [0.25, 0.3) is 0 Å². The van der Waals surface area contributed by atoms with Crippen molar-refractivity contribution in [3.8, 4) is 5.75 Å². The van der Waals surface area contributed by atoms with E-state index in [1.165, 1.54) is 17.3 Å². The van der Waals surface area contributed by atoms with E-state index in [0.717, 1.165) is 24.2 Å². The van der Waals surface area contributed by atoms with E-state index in [-0.39, 0.29) is 11.9 Å². The highest BCUT2D eigenvalue weighted by Crippen LogP contribution is 2.30. The van der Waals surface area contributed by atoms with Crippen LogP contribution in [-0.4, -0.2) is 17.4 Å².